The summed E-state index contributed by atoms with van der Waals surface area (Å²) in [6.07, 6.45) is 2.33. The Morgan fingerprint density at radius 1 is 0.507 bits per heavy atom. The molecule has 0 spiro atoms. The van der Waals surface area contributed by atoms with Gasteiger partial charge in [0.05, 0.1) is 23.2 Å². The van der Waals surface area contributed by atoms with Gasteiger partial charge in [0.2, 0.25) is 0 Å². The van der Waals surface area contributed by atoms with E-state index >= 15 is 0 Å². The molecule has 0 saturated heterocycles. The molecule has 0 fully saturated rings. The van der Waals surface area contributed by atoms with Crippen LogP contribution in [0.2, 0.25) is 0 Å². The normalized spacial score (nSPS) is 16.2. The molecule has 8 rings (SSSR count). The number of rotatable bonds is 8. The fourth-order valence-electron chi connectivity index (χ4n) is 6.92. The van der Waals surface area contributed by atoms with Crippen molar-refractivity contribution in [1.82, 2.24) is 0 Å². The maximum absolute atomic E-state index is 14.0. The number of hydrogen-bond donors (Lipinski definition) is 1. The number of benzene rings is 6. The van der Waals surface area contributed by atoms with E-state index < -0.39 is 59.2 Å². The number of aliphatic imine (C=N–C) groups is 2. The van der Waals surface area contributed by atoms with Gasteiger partial charge in [0, 0.05) is 22.1 Å². The molecule has 0 amide bonds. The molecule has 0 radical (unpaired) electrons. The van der Waals surface area contributed by atoms with Gasteiger partial charge in [-0.2, -0.15) is 34.8 Å². The van der Waals surface area contributed by atoms with Crippen LogP contribution in [0.3, 0.4) is 0 Å². The van der Waals surface area contributed by atoms with Crippen LogP contribution < -0.4 is 4.18 Å². The van der Waals surface area contributed by atoms with Gasteiger partial charge in [-0.25, -0.2) is 26.0 Å². The largest absolute Gasteiger partial charge is 0.534 e. The summed E-state index contributed by atoms with van der Waals surface area (Å²) in [5, 5.41) is 9.38. The average Bonchev–Trinajstić information content (AvgIpc) is 3.95. The predicted molar refractivity (Wildman–Crippen MR) is 232 cm³/mol. The zero-order chi connectivity index (χ0) is 48.9. The van der Waals surface area contributed by atoms with Crippen molar-refractivity contribution in [2.75, 3.05) is 0 Å². The van der Waals surface area contributed by atoms with E-state index in [1.165, 1.54) is 48.5 Å². The van der Waals surface area contributed by atoms with Crippen molar-refractivity contribution >= 4 is 41.3 Å². The standard InChI is InChI=1S/C23H16F5NO3S.C22H17F2NO.CClF3O2S/c24-18-2-1-3-19(25)22(18)21-13-12-20(29-21)16-6-4-14(5-7-16)15-8-10-17(11-9-15)32-33(30,31)23(26,27)28;23-18-2-1-3-19(24)22(18)21-13-12-20(25-21)16-6-4-14(5-7-16)15-8-10-17(26)11-9-15;2-8(6,7)1(3,4)5/h1-11,20H,12-13H2;1-11,20,26H,12-13H2;. The minimum atomic E-state index is -5.73. The van der Waals surface area contributed by atoms with Crippen LogP contribution in [0, 0.1) is 23.3 Å². The Balaban J connectivity index is 0.000000194. The maximum Gasteiger partial charge on any atom is 0.534 e. The molecule has 2 atom stereocenters. The van der Waals surface area contributed by atoms with Crippen molar-refractivity contribution in [3.63, 3.8) is 0 Å². The van der Waals surface area contributed by atoms with Gasteiger partial charge in [-0.1, -0.05) is 84.9 Å². The zero-order valence-electron chi connectivity index (χ0n) is 34.0. The van der Waals surface area contributed by atoms with E-state index in [2.05, 4.69) is 24.9 Å². The van der Waals surface area contributed by atoms with Crippen LogP contribution in [-0.4, -0.2) is 44.4 Å². The van der Waals surface area contributed by atoms with Crippen molar-refractivity contribution in [3.05, 3.63) is 179 Å². The first kappa shape index (κ1) is 50.2. The molecule has 0 aliphatic carbocycles. The molecule has 1 N–H and O–H groups in total. The summed E-state index contributed by atoms with van der Waals surface area (Å²) in [5.41, 5.74) is -4.79. The summed E-state index contributed by atoms with van der Waals surface area (Å²) in [4.78, 5) is 9.06. The molecule has 2 heterocycles. The van der Waals surface area contributed by atoms with E-state index in [4.69, 9.17) is 0 Å². The third-order valence-corrected chi connectivity index (χ3v) is 12.2. The highest BCUT2D eigenvalue weighted by Gasteiger charge is 2.48. The fraction of sp³-hybridized carbons (Fsp3) is 0.174. The van der Waals surface area contributed by atoms with Crippen molar-refractivity contribution in [1.29, 1.82) is 0 Å². The Morgan fingerprint density at radius 2 is 0.821 bits per heavy atom. The molecule has 0 aromatic heterocycles. The van der Waals surface area contributed by atoms with Crippen molar-refractivity contribution < 1.29 is 70.0 Å². The van der Waals surface area contributed by atoms with Gasteiger partial charge in [0.15, 0.2) is 0 Å². The summed E-state index contributed by atoms with van der Waals surface area (Å²) in [6.45, 7) is 0. The smallest absolute Gasteiger partial charge is 0.508 e. The average molecular weight is 999 g/mol. The van der Waals surface area contributed by atoms with Gasteiger partial charge in [-0.3, -0.25) is 9.98 Å². The highest BCUT2D eigenvalue weighted by atomic mass is 35.7. The lowest BCUT2D eigenvalue weighted by Gasteiger charge is -2.11. The molecule has 2 aliphatic heterocycles. The third kappa shape index (κ3) is 12.4. The van der Waals surface area contributed by atoms with E-state index in [1.807, 2.05) is 48.5 Å². The number of halogens is 11. The predicted octanol–water partition coefficient (Wildman–Crippen LogP) is 12.9. The van der Waals surface area contributed by atoms with Gasteiger partial charge < -0.3 is 9.29 Å². The van der Waals surface area contributed by atoms with E-state index in [-0.39, 0.29) is 29.0 Å². The van der Waals surface area contributed by atoms with Crippen molar-refractivity contribution in [3.8, 4) is 33.8 Å². The van der Waals surface area contributed by atoms with Crippen LogP contribution in [0.25, 0.3) is 22.3 Å². The molecule has 21 heteroatoms. The van der Waals surface area contributed by atoms with Crippen LogP contribution in [0.4, 0.5) is 43.9 Å². The second-order valence-electron chi connectivity index (χ2n) is 14.6. The molecular formula is C46H33ClF10N2O6S2. The van der Waals surface area contributed by atoms with Gasteiger partial charge in [-0.05, 0) is 108 Å². The van der Waals surface area contributed by atoms with Gasteiger partial charge >= 0.3 is 30.2 Å². The topological polar surface area (TPSA) is 122 Å². The first-order chi connectivity index (χ1) is 31.4. The van der Waals surface area contributed by atoms with Crippen molar-refractivity contribution in [2.24, 2.45) is 9.98 Å². The lowest BCUT2D eigenvalue weighted by atomic mass is 9.99. The maximum atomic E-state index is 14.0. The van der Waals surface area contributed by atoms with Gasteiger partial charge in [0.1, 0.15) is 34.8 Å². The first-order valence-electron chi connectivity index (χ1n) is 19.6. The highest BCUT2D eigenvalue weighted by molar-refractivity contribution is 8.14. The molecule has 352 valence electrons. The van der Waals surface area contributed by atoms with Crippen molar-refractivity contribution in [2.45, 2.75) is 48.8 Å². The number of phenolic OH excluding ortho intramolecular Hbond substituents is 1. The fourth-order valence-corrected chi connectivity index (χ4v) is 7.37. The highest BCUT2D eigenvalue weighted by Crippen LogP contribution is 2.36. The second-order valence-corrected chi connectivity index (χ2v) is 18.7. The summed E-state index contributed by atoms with van der Waals surface area (Å²) in [6, 6.07) is 34.5. The molecule has 67 heavy (non-hydrogen) atoms. The lowest BCUT2D eigenvalue weighted by molar-refractivity contribution is -0.0500. The number of alkyl halides is 6. The van der Waals surface area contributed by atoms with E-state index in [1.54, 1.807) is 24.3 Å². The van der Waals surface area contributed by atoms with E-state index in [9.17, 15) is 65.8 Å². The van der Waals surface area contributed by atoms with Crippen LogP contribution in [0.1, 0.15) is 60.0 Å². The SMILES string of the molecule is O=S(=O)(Cl)C(F)(F)F.O=S(=O)(Oc1ccc(-c2ccc(C3CCC(c4c(F)cccc4F)=N3)cc2)cc1)C(F)(F)F.Oc1ccc(-c2ccc(C3CCC(c4c(F)cccc4F)=N3)cc2)cc1. The second kappa shape index (κ2) is 20.3. The lowest BCUT2D eigenvalue weighted by Crippen LogP contribution is -2.28. The molecule has 8 nitrogen and oxygen atoms in total. The van der Waals surface area contributed by atoms with E-state index in [0.29, 0.717) is 36.2 Å². The first-order valence-corrected chi connectivity index (χ1v) is 23.3. The number of hydrogen-bond acceptors (Lipinski definition) is 8. The Hall–Kier alpha value is -6.25. The Bertz CT molecular complexity index is 2960. The molecule has 2 aliphatic rings. The quantitative estimate of drug-likeness (QED) is 0.0701. The monoisotopic (exact) mass is 998 g/mol. The number of aromatic hydroxyl groups is 1. The summed E-state index contributed by atoms with van der Waals surface area (Å²) < 4.78 is 171. The third-order valence-electron chi connectivity index (χ3n) is 10.2. The summed E-state index contributed by atoms with van der Waals surface area (Å²) >= 11 is 0. The van der Waals surface area contributed by atoms with Gasteiger partial charge in [-0.15, -0.1) is 0 Å². The minimum Gasteiger partial charge on any atom is -0.508 e. The molecule has 0 saturated carbocycles. The number of nitrogens with zero attached hydrogens (tertiary/aromatic N) is 2. The van der Waals surface area contributed by atoms with Crippen LogP contribution >= 0.6 is 10.7 Å². The molecule has 6 aromatic rings. The van der Waals surface area contributed by atoms with Gasteiger partial charge in [0.25, 0.3) is 0 Å². The summed E-state index contributed by atoms with van der Waals surface area (Å²) in [7, 11) is -7.24. The zero-order valence-corrected chi connectivity index (χ0v) is 36.4. The van der Waals surface area contributed by atoms with Crippen LogP contribution in [-0.2, 0) is 19.2 Å². The molecule has 2 unspecified atom stereocenters. The molecular weight excluding hydrogens is 966 g/mol. The van der Waals surface area contributed by atoms with E-state index in [0.717, 1.165) is 46.4 Å². The Morgan fingerprint density at radius 3 is 1.13 bits per heavy atom. The Kier molecular flexibility index (Phi) is 15.2. The van der Waals surface area contributed by atoms with Crippen LogP contribution in [0.15, 0.2) is 143 Å². The summed E-state index contributed by atoms with van der Waals surface area (Å²) in [5.74, 6) is -2.65. The Labute approximate surface area is 381 Å². The molecule has 6 aromatic carbocycles. The minimum absolute atomic E-state index is 0.00397. The van der Waals surface area contributed by atoms with Crippen LogP contribution in [0.5, 0.6) is 11.5 Å². The molecule has 0 bridgehead atoms. The number of phenols is 1.